The van der Waals surface area contributed by atoms with Gasteiger partial charge in [-0.25, -0.2) is 0 Å². The highest BCUT2D eigenvalue weighted by Gasteiger charge is 2.33. The maximum Gasteiger partial charge on any atom is 0.00219 e. The molecule has 6 aromatic rings. The van der Waals surface area contributed by atoms with E-state index in [9.17, 15) is 0 Å². The maximum absolute atomic E-state index is 2.56. The van der Waals surface area contributed by atoms with Crippen molar-refractivity contribution in [1.82, 2.24) is 0 Å². The molecule has 0 radical (unpaired) electrons. The Labute approximate surface area is 259 Å². The van der Waals surface area contributed by atoms with Crippen LogP contribution in [0, 0.1) is 0 Å². The van der Waals surface area contributed by atoms with E-state index in [0.29, 0.717) is 0 Å². The van der Waals surface area contributed by atoms with Crippen LogP contribution < -0.4 is 0 Å². The summed E-state index contributed by atoms with van der Waals surface area (Å²) in [4.78, 5) is 3.00. The molecule has 0 saturated carbocycles. The number of rotatable bonds is 2. The van der Waals surface area contributed by atoms with Gasteiger partial charge in [0.1, 0.15) is 0 Å². The van der Waals surface area contributed by atoms with Crippen LogP contribution in [0.2, 0.25) is 0 Å². The molecule has 0 aliphatic carbocycles. The van der Waals surface area contributed by atoms with Crippen molar-refractivity contribution >= 4 is 31.6 Å². The quantitative estimate of drug-likeness (QED) is 0.179. The minimum absolute atomic E-state index is 0.116. The average Bonchev–Trinajstić information content (AvgIpc) is 3.20. The zero-order valence-corrected chi connectivity index (χ0v) is 27.6. The van der Waals surface area contributed by atoms with Crippen LogP contribution >= 0.6 is 10.0 Å². The standard InChI is InChI=1S/C42H42S/c1-41(2,3)29-21-17-27(18-22-29)39-32-14-9-10-15-33(32)40(28-19-23-30(24-20-28)42(4,5)6)36-26-38-34(25-35(36)39)31-13-11-12-16-37(31)43(38,7)8/h9-26H,1-8H3. The third-order valence-electron chi connectivity index (χ3n) is 9.48. The fourth-order valence-electron chi connectivity index (χ4n) is 6.98. The Balaban J connectivity index is 1.61. The molecule has 1 heterocycles. The van der Waals surface area contributed by atoms with Gasteiger partial charge in [-0.15, -0.1) is 0 Å². The largest absolute Gasteiger partial charge is 0.192 e. The molecule has 1 aliphatic rings. The molecule has 0 fully saturated rings. The molecule has 0 aromatic heterocycles. The minimum Gasteiger partial charge on any atom is -0.192 e. The zero-order chi connectivity index (χ0) is 30.3. The molecule has 0 amide bonds. The second-order valence-electron chi connectivity index (χ2n) is 14.7. The maximum atomic E-state index is 2.56. The first-order chi connectivity index (χ1) is 20.4. The highest BCUT2D eigenvalue weighted by Crippen LogP contribution is 2.68. The molecule has 6 aromatic carbocycles. The van der Waals surface area contributed by atoms with Crippen molar-refractivity contribution in [3.8, 4) is 33.4 Å². The smallest absolute Gasteiger partial charge is 0.00219 e. The summed E-state index contributed by atoms with van der Waals surface area (Å²) >= 11 is 0. The van der Waals surface area contributed by atoms with Crippen LogP contribution in [0.5, 0.6) is 0 Å². The average molecular weight is 579 g/mol. The Hall–Kier alpha value is -3.81. The lowest BCUT2D eigenvalue weighted by atomic mass is 9.82. The van der Waals surface area contributed by atoms with Gasteiger partial charge in [-0.2, -0.15) is 10.0 Å². The van der Waals surface area contributed by atoms with Gasteiger partial charge < -0.3 is 0 Å². The van der Waals surface area contributed by atoms with E-state index in [0.717, 1.165) is 0 Å². The summed E-state index contributed by atoms with van der Waals surface area (Å²) < 4.78 is 0. The summed E-state index contributed by atoms with van der Waals surface area (Å²) in [6, 6.07) is 41.9. The first-order valence-electron chi connectivity index (χ1n) is 15.4. The number of hydrogen-bond acceptors (Lipinski definition) is 0. The molecule has 0 saturated heterocycles. The van der Waals surface area contributed by atoms with E-state index in [1.165, 1.54) is 75.8 Å². The first-order valence-corrected chi connectivity index (χ1v) is 17.9. The third kappa shape index (κ3) is 4.44. The summed E-state index contributed by atoms with van der Waals surface area (Å²) in [6.45, 7) is 13.7. The third-order valence-corrected chi connectivity index (χ3v) is 12.4. The summed E-state index contributed by atoms with van der Waals surface area (Å²) in [5, 5.41) is 5.31. The van der Waals surface area contributed by atoms with Crippen molar-refractivity contribution in [1.29, 1.82) is 0 Å². The van der Waals surface area contributed by atoms with E-state index in [-0.39, 0.29) is 10.8 Å². The van der Waals surface area contributed by atoms with Crippen molar-refractivity contribution in [3.63, 3.8) is 0 Å². The predicted octanol–water partition coefficient (Wildman–Crippen LogP) is 12.4. The normalized spacial score (nSPS) is 15.0. The minimum atomic E-state index is -1.13. The van der Waals surface area contributed by atoms with Gasteiger partial charge in [0.05, 0.1) is 0 Å². The first kappa shape index (κ1) is 28.0. The van der Waals surface area contributed by atoms with Crippen molar-refractivity contribution < 1.29 is 0 Å². The molecule has 0 atom stereocenters. The topological polar surface area (TPSA) is 0 Å². The molecule has 43 heavy (non-hydrogen) atoms. The lowest BCUT2D eigenvalue weighted by molar-refractivity contribution is 0.590. The van der Waals surface area contributed by atoms with E-state index in [2.05, 4.69) is 163 Å². The Morgan fingerprint density at radius 1 is 0.419 bits per heavy atom. The molecule has 7 rings (SSSR count). The highest BCUT2D eigenvalue weighted by atomic mass is 32.3. The molecule has 0 bridgehead atoms. The van der Waals surface area contributed by atoms with E-state index in [1.54, 1.807) is 0 Å². The lowest BCUT2D eigenvalue weighted by Gasteiger charge is -2.29. The van der Waals surface area contributed by atoms with E-state index >= 15 is 0 Å². The molecule has 0 unspecified atom stereocenters. The molecule has 0 spiro atoms. The van der Waals surface area contributed by atoms with Crippen molar-refractivity contribution in [2.45, 2.75) is 62.2 Å². The van der Waals surface area contributed by atoms with Crippen LogP contribution in [0.3, 0.4) is 0 Å². The Morgan fingerprint density at radius 2 is 0.860 bits per heavy atom. The van der Waals surface area contributed by atoms with Crippen molar-refractivity contribution in [3.05, 3.63) is 120 Å². The van der Waals surface area contributed by atoms with Crippen LogP contribution in [0.4, 0.5) is 0 Å². The Kier molecular flexibility index (Phi) is 6.25. The van der Waals surface area contributed by atoms with Crippen LogP contribution in [0.1, 0.15) is 52.7 Å². The van der Waals surface area contributed by atoms with Crippen molar-refractivity contribution in [2.24, 2.45) is 0 Å². The second kappa shape index (κ2) is 9.60. The summed E-state index contributed by atoms with van der Waals surface area (Å²) in [5.41, 5.74) is 11.0. The SMILES string of the molecule is CC(C)(C)c1ccc(-c2c3ccccc3c(-c3ccc(C(C)(C)C)cc3)c3cc4c(cc23)-c2ccccc2S4(C)C)cc1. The van der Waals surface area contributed by atoms with Crippen LogP contribution in [-0.4, -0.2) is 12.5 Å². The Bertz CT molecular complexity index is 2030. The fraction of sp³-hybridized carbons (Fsp3) is 0.238. The number of benzene rings is 6. The van der Waals surface area contributed by atoms with Crippen LogP contribution in [0.15, 0.2) is 119 Å². The fourth-order valence-corrected chi connectivity index (χ4v) is 9.50. The second-order valence-corrected chi connectivity index (χ2v) is 18.2. The number of hydrogen-bond donors (Lipinski definition) is 0. The summed E-state index contributed by atoms with van der Waals surface area (Å²) in [5.74, 6) is 0. The van der Waals surface area contributed by atoms with Gasteiger partial charge in [0.15, 0.2) is 0 Å². The van der Waals surface area contributed by atoms with E-state index in [1.807, 2.05) is 0 Å². The summed E-state index contributed by atoms with van der Waals surface area (Å²) in [7, 11) is -1.13. The molecule has 1 heteroatoms. The van der Waals surface area contributed by atoms with E-state index in [4.69, 9.17) is 0 Å². The van der Waals surface area contributed by atoms with Gasteiger partial charge in [0, 0.05) is 9.79 Å². The van der Waals surface area contributed by atoms with Gasteiger partial charge in [-0.1, -0.05) is 133 Å². The highest BCUT2D eigenvalue weighted by molar-refractivity contribution is 8.33. The Morgan fingerprint density at radius 3 is 1.35 bits per heavy atom. The molecule has 0 N–H and O–H groups in total. The van der Waals surface area contributed by atoms with Gasteiger partial charge in [0.2, 0.25) is 0 Å². The summed E-state index contributed by atoms with van der Waals surface area (Å²) in [6.07, 6.45) is 4.93. The van der Waals surface area contributed by atoms with Crippen molar-refractivity contribution in [2.75, 3.05) is 12.5 Å². The van der Waals surface area contributed by atoms with Crippen LogP contribution in [-0.2, 0) is 10.8 Å². The lowest BCUT2D eigenvalue weighted by Crippen LogP contribution is -2.10. The monoisotopic (exact) mass is 578 g/mol. The van der Waals surface area contributed by atoms with Gasteiger partial charge >= 0.3 is 0 Å². The number of fused-ring (bicyclic) bond motifs is 5. The molecular weight excluding hydrogens is 537 g/mol. The van der Waals surface area contributed by atoms with Crippen LogP contribution in [0.25, 0.3) is 54.9 Å². The van der Waals surface area contributed by atoms with Gasteiger partial charge in [-0.05, 0) is 108 Å². The molecule has 0 nitrogen and oxygen atoms in total. The van der Waals surface area contributed by atoms with Gasteiger partial charge in [0.25, 0.3) is 0 Å². The zero-order valence-electron chi connectivity index (χ0n) is 26.8. The van der Waals surface area contributed by atoms with Gasteiger partial charge in [-0.3, -0.25) is 0 Å². The molecule has 216 valence electrons. The van der Waals surface area contributed by atoms with E-state index < -0.39 is 10.0 Å². The molecular formula is C42H42S. The molecule has 1 aliphatic heterocycles. The predicted molar refractivity (Wildman–Crippen MR) is 191 cm³/mol.